The first-order valence-corrected chi connectivity index (χ1v) is 7.61. The van der Waals surface area contributed by atoms with Crippen molar-refractivity contribution in [3.63, 3.8) is 0 Å². The van der Waals surface area contributed by atoms with E-state index in [0.29, 0.717) is 23.7 Å². The van der Waals surface area contributed by atoms with E-state index < -0.39 is 0 Å². The van der Waals surface area contributed by atoms with Gasteiger partial charge in [0.05, 0.1) is 6.61 Å². The molecule has 1 N–H and O–H groups in total. The predicted molar refractivity (Wildman–Crippen MR) is 88.3 cm³/mol. The number of esters is 1. The molecule has 2 rings (SSSR count). The fraction of sp³-hybridized carbons (Fsp3) is 0.333. The number of amides is 1. The Morgan fingerprint density at radius 2 is 1.87 bits per heavy atom. The third kappa shape index (κ3) is 4.00. The Kier molecular flexibility index (Phi) is 5.21. The monoisotopic (exact) mass is 315 g/mol. The van der Waals surface area contributed by atoms with Crippen LogP contribution in [0.5, 0.6) is 0 Å². The van der Waals surface area contributed by atoms with Gasteiger partial charge in [-0.25, -0.2) is 4.79 Å². The molecule has 1 aromatic heterocycles. The van der Waals surface area contributed by atoms with Gasteiger partial charge in [-0.2, -0.15) is 0 Å². The van der Waals surface area contributed by atoms with Gasteiger partial charge in [-0.3, -0.25) is 4.79 Å². The van der Waals surface area contributed by atoms with E-state index in [4.69, 9.17) is 9.15 Å². The molecule has 1 heterocycles. The van der Waals surface area contributed by atoms with Crippen molar-refractivity contribution < 1.29 is 18.7 Å². The highest BCUT2D eigenvalue weighted by molar-refractivity contribution is 5.93. The number of nitrogens with one attached hydrogen (secondary N) is 1. The molecule has 0 fully saturated rings. The van der Waals surface area contributed by atoms with Crippen LogP contribution < -0.4 is 5.32 Å². The molecule has 0 unspecified atom stereocenters. The van der Waals surface area contributed by atoms with Crippen LogP contribution in [-0.4, -0.2) is 18.5 Å². The number of furan rings is 1. The summed E-state index contributed by atoms with van der Waals surface area (Å²) in [6, 6.07) is 8.95. The first-order valence-electron chi connectivity index (χ1n) is 7.61. The van der Waals surface area contributed by atoms with Crippen molar-refractivity contribution in [3.8, 4) is 11.3 Å². The Morgan fingerprint density at radius 3 is 2.43 bits per heavy atom. The van der Waals surface area contributed by atoms with Gasteiger partial charge in [0.15, 0.2) is 0 Å². The summed E-state index contributed by atoms with van der Waals surface area (Å²) in [6.45, 7) is 7.49. The van der Waals surface area contributed by atoms with E-state index in [-0.39, 0.29) is 17.8 Å². The van der Waals surface area contributed by atoms with Crippen molar-refractivity contribution in [2.24, 2.45) is 5.92 Å². The Morgan fingerprint density at radius 1 is 1.22 bits per heavy atom. The van der Waals surface area contributed by atoms with E-state index in [1.807, 2.05) is 26.0 Å². The number of carbonyl (C=O) groups is 2. The maximum atomic E-state index is 11.8. The lowest BCUT2D eigenvalue weighted by molar-refractivity contribution is -0.118. The number of hydrogen-bond acceptors (Lipinski definition) is 4. The van der Waals surface area contributed by atoms with E-state index in [2.05, 4.69) is 5.32 Å². The van der Waals surface area contributed by atoms with Crippen molar-refractivity contribution in [1.82, 2.24) is 0 Å². The third-order valence-corrected chi connectivity index (χ3v) is 3.37. The zero-order valence-corrected chi connectivity index (χ0v) is 13.8. The lowest BCUT2D eigenvalue weighted by atomic mass is 10.1. The fourth-order valence-corrected chi connectivity index (χ4v) is 2.04. The van der Waals surface area contributed by atoms with Crippen molar-refractivity contribution in [2.45, 2.75) is 27.7 Å². The molecule has 1 amide bonds. The molecule has 0 saturated carbocycles. The molecule has 5 heteroatoms. The van der Waals surface area contributed by atoms with Crippen molar-refractivity contribution >= 4 is 17.6 Å². The van der Waals surface area contributed by atoms with E-state index >= 15 is 0 Å². The topological polar surface area (TPSA) is 68.5 Å². The molecule has 0 bridgehead atoms. The number of anilines is 1. The molecule has 0 aliphatic rings. The van der Waals surface area contributed by atoms with Crippen LogP contribution in [0.15, 0.2) is 34.7 Å². The van der Waals surface area contributed by atoms with Crippen LogP contribution in [0.4, 0.5) is 5.69 Å². The molecule has 23 heavy (non-hydrogen) atoms. The lowest BCUT2D eigenvalue weighted by Crippen LogP contribution is -2.17. The first-order chi connectivity index (χ1) is 10.9. The lowest BCUT2D eigenvalue weighted by Gasteiger charge is -2.07. The summed E-state index contributed by atoms with van der Waals surface area (Å²) in [5, 5.41) is 2.83. The molecule has 0 atom stereocenters. The van der Waals surface area contributed by atoms with E-state index in [1.165, 1.54) is 0 Å². The molecular weight excluding hydrogens is 294 g/mol. The Bertz CT molecular complexity index is 698. The van der Waals surface area contributed by atoms with Crippen molar-refractivity contribution in [1.29, 1.82) is 0 Å². The highest BCUT2D eigenvalue weighted by Gasteiger charge is 2.17. The summed E-state index contributed by atoms with van der Waals surface area (Å²) >= 11 is 0. The van der Waals surface area contributed by atoms with Gasteiger partial charge in [-0.1, -0.05) is 13.8 Å². The third-order valence-electron chi connectivity index (χ3n) is 3.37. The number of ether oxygens (including phenoxy) is 1. The molecule has 2 aromatic rings. The quantitative estimate of drug-likeness (QED) is 0.846. The SMILES string of the molecule is CCOC(=O)c1cc(-c2ccc(NC(=O)C(C)C)cc2)oc1C. The van der Waals surface area contributed by atoms with Crippen LogP contribution in [-0.2, 0) is 9.53 Å². The summed E-state index contributed by atoms with van der Waals surface area (Å²) in [5.74, 6) is 0.620. The molecule has 0 saturated heterocycles. The molecule has 0 radical (unpaired) electrons. The second-order valence-corrected chi connectivity index (χ2v) is 5.52. The number of aryl methyl sites for hydroxylation is 1. The fourth-order valence-electron chi connectivity index (χ4n) is 2.04. The van der Waals surface area contributed by atoms with Gasteiger partial charge in [-0.15, -0.1) is 0 Å². The van der Waals surface area contributed by atoms with Crippen LogP contribution in [0.3, 0.4) is 0 Å². The van der Waals surface area contributed by atoms with Gasteiger partial charge >= 0.3 is 5.97 Å². The summed E-state index contributed by atoms with van der Waals surface area (Å²) in [5.41, 5.74) is 1.98. The minimum absolute atomic E-state index is 0.0313. The number of rotatable bonds is 5. The molecule has 0 aliphatic carbocycles. The first kappa shape index (κ1) is 16.8. The average Bonchev–Trinajstić information content (AvgIpc) is 2.90. The van der Waals surface area contributed by atoms with E-state index in [1.54, 1.807) is 32.0 Å². The predicted octanol–water partition coefficient (Wildman–Crippen LogP) is 4.03. The molecule has 0 spiro atoms. The normalized spacial score (nSPS) is 10.7. The molecule has 122 valence electrons. The zero-order chi connectivity index (χ0) is 17.0. The second kappa shape index (κ2) is 7.13. The minimum Gasteiger partial charge on any atom is -0.462 e. The maximum Gasteiger partial charge on any atom is 0.341 e. The van der Waals surface area contributed by atoms with Gasteiger partial charge in [-0.05, 0) is 44.2 Å². The second-order valence-electron chi connectivity index (χ2n) is 5.52. The highest BCUT2D eigenvalue weighted by atomic mass is 16.5. The number of carbonyl (C=O) groups excluding carboxylic acids is 2. The molecule has 0 aliphatic heterocycles. The van der Waals surface area contributed by atoms with Crippen LogP contribution >= 0.6 is 0 Å². The highest BCUT2D eigenvalue weighted by Crippen LogP contribution is 2.27. The van der Waals surface area contributed by atoms with Gasteiger partial charge in [0, 0.05) is 17.2 Å². The number of benzene rings is 1. The smallest absolute Gasteiger partial charge is 0.341 e. The summed E-state index contributed by atoms with van der Waals surface area (Å²) < 4.78 is 10.6. The Balaban J connectivity index is 2.18. The maximum absolute atomic E-state index is 11.8. The van der Waals surface area contributed by atoms with Crippen LogP contribution in [0.1, 0.15) is 36.9 Å². The summed E-state index contributed by atoms with van der Waals surface area (Å²) in [6.07, 6.45) is 0. The minimum atomic E-state index is -0.388. The average molecular weight is 315 g/mol. The van der Waals surface area contributed by atoms with Gasteiger partial charge in [0.1, 0.15) is 17.1 Å². The Labute approximate surface area is 135 Å². The van der Waals surface area contributed by atoms with Crippen molar-refractivity contribution in [2.75, 3.05) is 11.9 Å². The Hall–Kier alpha value is -2.56. The van der Waals surface area contributed by atoms with Gasteiger partial charge in [0.25, 0.3) is 0 Å². The van der Waals surface area contributed by atoms with Crippen molar-refractivity contribution in [3.05, 3.63) is 41.7 Å². The van der Waals surface area contributed by atoms with Crippen LogP contribution in [0.2, 0.25) is 0 Å². The van der Waals surface area contributed by atoms with Gasteiger partial charge < -0.3 is 14.5 Å². The van der Waals surface area contributed by atoms with Crippen LogP contribution in [0, 0.1) is 12.8 Å². The summed E-state index contributed by atoms with van der Waals surface area (Å²) in [4.78, 5) is 23.5. The molecular formula is C18H21NO4. The van der Waals surface area contributed by atoms with Gasteiger partial charge in [0.2, 0.25) is 5.91 Å². The largest absolute Gasteiger partial charge is 0.462 e. The molecule has 5 nitrogen and oxygen atoms in total. The number of hydrogen-bond donors (Lipinski definition) is 1. The van der Waals surface area contributed by atoms with Crippen LogP contribution in [0.25, 0.3) is 11.3 Å². The molecule has 1 aromatic carbocycles. The zero-order valence-electron chi connectivity index (χ0n) is 13.8. The summed E-state index contributed by atoms with van der Waals surface area (Å²) in [7, 11) is 0. The van der Waals surface area contributed by atoms with E-state index in [9.17, 15) is 9.59 Å². The standard InChI is InChI=1S/C18H21NO4/c1-5-22-18(21)15-10-16(23-12(15)4)13-6-8-14(9-7-13)19-17(20)11(2)3/h6-11H,5H2,1-4H3,(H,19,20). The van der Waals surface area contributed by atoms with E-state index in [0.717, 1.165) is 11.3 Å².